The van der Waals surface area contributed by atoms with Crippen LogP contribution in [0.25, 0.3) is 0 Å². The number of amides is 4. The summed E-state index contributed by atoms with van der Waals surface area (Å²) < 4.78 is 21.3. The maximum Gasteiger partial charge on any atom is 0.326 e. The first kappa shape index (κ1) is 59.8. The van der Waals surface area contributed by atoms with E-state index in [1.165, 1.54) is 11.8 Å². The molecule has 0 saturated carbocycles. The molecule has 22 heteroatoms. The van der Waals surface area contributed by atoms with Crippen molar-refractivity contribution in [2.24, 2.45) is 11.8 Å². The Kier molecular flexibility index (Phi) is 37.6. The molecule has 21 nitrogen and oxygen atoms in total. The molecule has 0 rings (SSSR count). The van der Waals surface area contributed by atoms with Crippen LogP contribution >= 0.6 is 11.8 Å². The van der Waals surface area contributed by atoms with Crippen molar-refractivity contribution in [2.45, 2.75) is 109 Å². The molecule has 0 saturated heterocycles. The molecule has 4 amide bonds. The Morgan fingerprint density at radius 2 is 1.08 bits per heavy atom. The van der Waals surface area contributed by atoms with Crippen molar-refractivity contribution >= 4 is 64.9 Å². The molecule has 0 unspecified atom stereocenters. The molecule has 0 aliphatic heterocycles. The first-order valence-corrected chi connectivity index (χ1v) is 23.1. The Bertz CT molecular complexity index is 1390. The normalized spacial score (nSPS) is 12.4. The van der Waals surface area contributed by atoms with E-state index in [0.29, 0.717) is 25.0 Å². The third-order valence-corrected chi connectivity index (χ3v) is 10.6. The van der Waals surface area contributed by atoms with Gasteiger partial charge in [-0.2, -0.15) is 11.8 Å². The largest absolute Gasteiger partial charge is 0.481 e. The van der Waals surface area contributed by atoms with Crippen molar-refractivity contribution in [3.05, 3.63) is 0 Å². The minimum atomic E-state index is -1.24. The first-order valence-electron chi connectivity index (χ1n) is 22.0. The minimum Gasteiger partial charge on any atom is -0.481 e. The van der Waals surface area contributed by atoms with Crippen molar-refractivity contribution < 1.29 is 82.5 Å². The van der Waals surface area contributed by atoms with E-state index in [2.05, 4.69) is 21.3 Å². The fourth-order valence-electron chi connectivity index (χ4n) is 5.63. The first-order chi connectivity index (χ1) is 30.7. The summed E-state index contributed by atoms with van der Waals surface area (Å²) in [5.41, 5.74) is 0. The number of unbranched alkanes of at least 4 members (excludes halogenated alkanes) is 7. The zero-order valence-electron chi connectivity index (χ0n) is 37.2. The number of nitrogens with one attached hydrogen (secondary N) is 4. The highest BCUT2D eigenvalue weighted by atomic mass is 32.2. The van der Waals surface area contributed by atoms with Crippen LogP contribution in [0.2, 0.25) is 0 Å². The van der Waals surface area contributed by atoms with E-state index in [-0.39, 0.29) is 152 Å². The van der Waals surface area contributed by atoms with Crippen LogP contribution in [0.15, 0.2) is 0 Å². The summed E-state index contributed by atoms with van der Waals surface area (Å²) >= 11 is 1.22. The van der Waals surface area contributed by atoms with Crippen molar-refractivity contribution in [1.29, 1.82) is 0 Å². The Balaban J connectivity index is 3.72. The number of ether oxygens (including phenoxy) is 4. The molecule has 0 aromatic rings. The topological polar surface area (TPSA) is 320 Å². The summed E-state index contributed by atoms with van der Waals surface area (Å²) in [5.74, 6) is -6.23. The summed E-state index contributed by atoms with van der Waals surface area (Å²) in [6.45, 7) is 2.39. The van der Waals surface area contributed by atoms with E-state index in [1.807, 2.05) is 0 Å². The molecule has 368 valence electrons. The third kappa shape index (κ3) is 37.2. The number of hydrogen-bond acceptors (Lipinski definition) is 15. The van der Waals surface area contributed by atoms with Gasteiger partial charge in [-0.25, -0.2) is 4.79 Å². The van der Waals surface area contributed by atoms with Gasteiger partial charge in [0.05, 0.1) is 51.3 Å². The van der Waals surface area contributed by atoms with Crippen LogP contribution in [0.5, 0.6) is 0 Å². The monoisotopic (exact) mass is 936 g/mol. The second-order valence-corrected chi connectivity index (χ2v) is 16.1. The Morgan fingerprint density at radius 3 is 1.64 bits per heavy atom. The second-order valence-electron chi connectivity index (χ2n) is 15.0. The lowest BCUT2D eigenvalue weighted by molar-refractivity contribution is -0.145. The predicted octanol–water partition coefficient (Wildman–Crippen LogP) is 1.11. The molecular formula is C42H72N4O17S. The molecule has 0 aliphatic carbocycles. The average Bonchev–Trinajstić information content (AvgIpc) is 3.24. The van der Waals surface area contributed by atoms with Crippen molar-refractivity contribution in [3.63, 3.8) is 0 Å². The van der Waals surface area contributed by atoms with Crippen LogP contribution in [0, 0.1) is 11.8 Å². The van der Waals surface area contributed by atoms with Crippen molar-refractivity contribution in [2.75, 3.05) is 90.6 Å². The summed E-state index contributed by atoms with van der Waals surface area (Å²) in [5, 5.41) is 46.5. The number of rotatable bonds is 45. The smallest absolute Gasteiger partial charge is 0.326 e. The number of carbonyl (C=O) groups is 9. The van der Waals surface area contributed by atoms with Crippen LogP contribution in [0.1, 0.15) is 103 Å². The molecule has 0 spiro atoms. The molecule has 0 aromatic carbocycles. The van der Waals surface area contributed by atoms with E-state index in [4.69, 9.17) is 34.3 Å². The number of aliphatic hydroxyl groups is 1. The number of hydrogen-bond donors (Lipinski definition) is 8. The van der Waals surface area contributed by atoms with Crippen molar-refractivity contribution in [3.8, 4) is 0 Å². The number of aliphatic hydroxyl groups excluding tert-OH is 1. The van der Waals surface area contributed by atoms with Gasteiger partial charge in [0.25, 0.3) is 0 Å². The second kappa shape index (κ2) is 40.3. The van der Waals surface area contributed by atoms with Gasteiger partial charge in [0.1, 0.15) is 30.8 Å². The molecule has 0 fully saturated rings. The molecule has 3 atom stereocenters. The fraction of sp³-hybridized carbons (Fsp3) is 0.786. The molecule has 8 N–H and O–H groups in total. The highest BCUT2D eigenvalue weighted by Gasteiger charge is 2.24. The van der Waals surface area contributed by atoms with Crippen LogP contribution < -0.4 is 21.3 Å². The summed E-state index contributed by atoms with van der Waals surface area (Å²) in [6.07, 6.45) is 7.77. The van der Waals surface area contributed by atoms with E-state index < -0.39 is 42.4 Å². The van der Waals surface area contributed by atoms with Crippen LogP contribution in [-0.2, 0) is 62.1 Å². The van der Waals surface area contributed by atoms with Gasteiger partial charge in [0.15, 0.2) is 0 Å². The zero-order chi connectivity index (χ0) is 47.8. The van der Waals surface area contributed by atoms with Gasteiger partial charge < -0.3 is 60.6 Å². The van der Waals surface area contributed by atoms with Crippen LogP contribution in [-0.4, -0.2) is 170 Å². The number of carbonyl (C=O) groups excluding carboxylic acids is 6. The number of carboxylic acids is 3. The van der Waals surface area contributed by atoms with Gasteiger partial charge in [-0.1, -0.05) is 45.4 Å². The Hall–Kier alpha value is -4.22. The number of ketones is 2. The molecule has 0 aromatic heterocycles. The fourth-order valence-corrected chi connectivity index (χ4v) is 6.58. The molecule has 0 bridgehead atoms. The van der Waals surface area contributed by atoms with Gasteiger partial charge in [-0.05, 0) is 25.7 Å². The van der Waals surface area contributed by atoms with E-state index in [9.17, 15) is 48.3 Å². The summed E-state index contributed by atoms with van der Waals surface area (Å²) in [7, 11) is 0. The molecule has 0 radical (unpaired) electrons. The van der Waals surface area contributed by atoms with E-state index in [0.717, 1.165) is 38.5 Å². The van der Waals surface area contributed by atoms with Gasteiger partial charge in [0, 0.05) is 70.0 Å². The quantitative estimate of drug-likeness (QED) is 0.0397. The number of Topliss-reactive ketones (excluding diaryl/α,β-unsaturated/α-hetero) is 2. The lowest BCUT2D eigenvalue weighted by atomic mass is 9.97. The summed E-state index contributed by atoms with van der Waals surface area (Å²) in [6, 6.07) is -1.14. The van der Waals surface area contributed by atoms with Crippen LogP contribution in [0.3, 0.4) is 0 Å². The Labute approximate surface area is 379 Å². The van der Waals surface area contributed by atoms with Gasteiger partial charge >= 0.3 is 17.9 Å². The number of thioether (sulfide) groups is 1. The lowest BCUT2D eigenvalue weighted by Crippen LogP contribution is -2.41. The Morgan fingerprint density at radius 1 is 0.547 bits per heavy atom. The summed E-state index contributed by atoms with van der Waals surface area (Å²) in [4.78, 5) is 106. The predicted molar refractivity (Wildman–Crippen MR) is 233 cm³/mol. The van der Waals surface area contributed by atoms with Crippen molar-refractivity contribution in [1.82, 2.24) is 21.3 Å². The molecule has 64 heavy (non-hydrogen) atoms. The van der Waals surface area contributed by atoms with Gasteiger partial charge in [0.2, 0.25) is 23.6 Å². The maximum atomic E-state index is 12.3. The average molecular weight is 937 g/mol. The van der Waals surface area contributed by atoms with E-state index in [1.54, 1.807) is 6.92 Å². The molecular weight excluding hydrogens is 865 g/mol. The molecule has 0 heterocycles. The SMILES string of the molecule is C[C@@H](CSCC(=O)NCCNC(=O)COCCOCCNC(=O)COCCOCCCC(=O)CC[C@H](NC(=O)CCCCCCCCCCC(=O)O)C(=O)O)C(=O)C[C@@H](CO)C(=O)O. The highest BCUT2D eigenvalue weighted by molar-refractivity contribution is 7.99. The number of aliphatic carboxylic acids is 3. The van der Waals surface area contributed by atoms with Gasteiger partial charge in [-0.15, -0.1) is 0 Å². The lowest BCUT2D eigenvalue weighted by Gasteiger charge is -2.14. The van der Waals surface area contributed by atoms with E-state index >= 15 is 0 Å². The zero-order valence-corrected chi connectivity index (χ0v) is 38.1. The number of carboxylic acid groups (broad SMARTS) is 3. The standard InChI is InChI=1S/C42H72N4O17S/c1-31(35(49)25-32(26-47)41(56)57)29-64-30-39(53)44-17-16-43-37(51)27-63-24-22-61-20-18-45-38(52)28-62-23-21-60-19-10-11-33(48)14-15-34(42(58)59)46-36(50)12-8-6-4-2-3-5-7-9-13-40(54)55/h31-32,34,47H,2-30H2,1H3,(H,43,51)(H,44,53)(H,45,52)(H,46,50)(H,54,55)(H,56,57)(H,58,59)/t31-,32-,34-/m0/s1. The maximum absolute atomic E-state index is 12.3. The van der Waals surface area contributed by atoms with Gasteiger partial charge in [-0.3, -0.25) is 38.4 Å². The van der Waals surface area contributed by atoms with Crippen LogP contribution in [0.4, 0.5) is 0 Å². The molecule has 0 aliphatic rings. The highest BCUT2D eigenvalue weighted by Crippen LogP contribution is 2.15. The minimum absolute atomic E-state index is 0.000571. The third-order valence-electron chi connectivity index (χ3n) is 9.35.